The minimum Gasteiger partial charge on any atom is -0.380 e. The molecule has 0 radical (unpaired) electrons. The highest BCUT2D eigenvalue weighted by Crippen LogP contribution is 2.11. The average molecular weight is 255 g/mol. The van der Waals surface area contributed by atoms with E-state index in [1.807, 2.05) is 20.8 Å². The Morgan fingerprint density at radius 1 is 1.00 bits per heavy atom. The van der Waals surface area contributed by atoms with Crippen LogP contribution in [0, 0.1) is 0 Å². The number of ether oxygens (including phenoxy) is 3. The van der Waals surface area contributed by atoms with Crippen LogP contribution >= 0.6 is 15.9 Å². The second-order valence-corrected chi connectivity index (χ2v) is 3.63. The first-order valence-corrected chi connectivity index (χ1v) is 5.62. The number of alkyl halides is 1. The van der Waals surface area contributed by atoms with Crippen LogP contribution in [0.5, 0.6) is 0 Å². The van der Waals surface area contributed by atoms with Crippen LogP contribution in [0.3, 0.4) is 0 Å². The summed E-state index contributed by atoms with van der Waals surface area (Å²) in [5.41, 5.74) is 0. The maximum atomic E-state index is 5.39. The van der Waals surface area contributed by atoms with Crippen molar-refractivity contribution in [3.05, 3.63) is 0 Å². The van der Waals surface area contributed by atoms with Crippen molar-refractivity contribution in [3.8, 4) is 0 Å². The van der Waals surface area contributed by atoms with Crippen LogP contribution in [0.15, 0.2) is 0 Å². The van der Waals surface area contributed by atoms with Gasteiger partial charge in [0, 0.05) is 19.8 Å². The quantitative estimate of drug-likeness (QED) is 0.491. The summed E-state index contributed by atoms with van der Waals surface area (Å²) in [6, 6.07) is 0. The summed E-state index contributed by atoms with van der Waals surface area (Å²) < 4.78 is 16.0. The summed E-state index contributed by atoms with van der Waals surface area (Å²) in [5.74, 6) is 0. The molecular formula is C9H19BrO3. The Kier molecular flexibility index (Phi) is 9.18. The van der Waals surface area contributed by atoms with E-state index in [-0.39, 0.29) is 11.1 Å². The predicted molar refractivity (Wildman–Crippen MR) is 56.2 cm³/mol. The number of halogens is 1. The monoisotopic (exact) mass is 254 g/mol. The van der Waals surface area contributed by atoms with Gasteiger partial charge in [0.1, 0.15) is 0 Å². The lowest BCUT2D eigenvalue weighted by Gasteiger charge is -2.21. The van der Waals surface area contributed by atoms with Crippen molar-refractivity contribution in [2.45, 2.75) is 31.9 Å². The van der Waals surface area contributed by atoms with E-state index in [0.717, 1.165) is 0 Å². The van der Waals surface area contributed by atoms with E-state index < -0.39 is 0 Å². The molecule has 0 amide bonds. The lowest BCUT2D eigenvalue weighted by molar-refractivity contribution is -0.140. The first-order chi connectivity index (χ1) is 6.26. The summed E-state index contributed by atoms with van der Waals surface area (Å²) in [4.78, 5) is 0.104. The highest BCUT2D eigenvalue weighted by molar-refractivity contribution is 9.09. The Labute approximate surface area is 88.9 Å². The lowest BCUT2D eigenvalue weighted by atomic mass is 10.4. The van der Waals surface area contributed by atoms with E-state index in [2.05, 4.69) is 15.9 Å². The normalized spacial score (nSPS) is 13.6. The number of rotatable bonds is 8. The maximum Gasteiger partial charge on any atom is 0.172 e. The van der Waals surface area contributed by atoms with Gasteiger partial charge < -0.3 is 14.2 Å². The van der Waals surface area contributed by atoms with Crippen LogP contribution < -0.4 is 0 Å². The molecule has 0 bridgehead atoms. The fraction of sp³-hybridized carbons (Fsp3) is 1.00. The zero-order valence-corrected chi connectivity index (χ0v) is 10.2. The predicted octanol–water partition coefficient (Wildman–Crippen LogP) is 2.19. The first-order valence-electron chi connectivity index (χ1n) is 4.71. The van der Waals surface area contributed by atoms with Crippen molar-refractivity contribution in [2.75, 3.05) is 26.4 Å². The van der Waals surface area contributed by atoms with Gasteiger partial charge in [-0.15, -0.1) is 0 Å². The van der Waals surface area contributed by atoms with Gasteiger partial charge in [0.15, 0.2) is 6.29 Å². The molecule has 0 unspecified atom stereocenters. The minimum atomic E-state index is -0.207. The van der Waals surface area contributed by atoms with E-state index in [1.54, 1.807) is 0 Å². The zero-order chi connectivity index (χ0) is 10.1. The number of hydrogen-bond donors (Lipinski definition) is 0. The zero-order valence-electron chi connectivity index (χ0n) is 8.59. The molecule has 3 nitrogen and oxygen atoms in total. The Morgan fingerprint density at radius 3 is 1.92 bits per heavy atom. The third-order valence-electron chi connectivity index (χ3n) is 1.44. The molecule has 13 heavy (non-hydrogen) atoms. The maximum absolute atomic E-state index is 5.39. The fourth-order valence-corrected chi connectivity index (χ4v) is 1.39. The molecule has 0 aromatic carbocycles. The molecule has 0 heterocycles. The van der Waals surface area contributed by atoms with Gasteiger partial charge in [0.2, 0.25) is 0 Å². The van der Waals surface area contributed by atoms with E-state index in [0.29, 0.717) is 26.4 Å². The van der Waals surface area contributed by atoms with Crippen molar-refractivity contribution in [2.24, 2.45) is 0 Å². The van der Waals surface area contributed by atoms with Gasteiger partial charge in [0.05, 0.1) is 11.4 Å². The standard InChI is InChI=1S/C9H19BrO3/c1-4-11-7-8(10)9(12-5-2)13-6-3/h8-9H,4-7H2,1-3H3/t8-/m1/s1. The smallest absolute Gasteiger partial charge is 0.172 e. The average Bonchev–Trinajstić information content (AvgIpc) is 2.14. The SMILES string of the molecule is CCOC[C@@H](Br)C(OCC)OCC. The summed E-state index contributed by atoms with van der Waals surface area (Å²) in [7, 11) is 0. The molecule has 0 aliphatic rings. The molecule has 0 saturated heterocycles. The van der Waals surface area contributed by atoms with Crippen molar-refractivity contribution < 1.29 is 14.2 Å². The highest BCUT2D eigenvalue weighted by Gasteiger charge is 2.19. The number of hydrogen-bond acceptors (Lipinski definition) is 3. The summed E-state index contributed by atoms with van der Waals surface area (Å²) in [5, 5.41) is 0. The van der Waals surface area contributed by atoms with Crippen molar-refractivity contribution >= 4 is 15.9 Å². The molecule has 1 atom stereocenters. The second-order valence-electron chi connectivity index (χ2n) is 2.45. The molecule has 0 spiro atoms. The van der Waals surface area contributed by atoms with Crippen LogP contribution in [0.2, 0.25) is 0 Å². The largest absolute Gasteiger partial charge is 0.380 e. The summed E-state index contributed by atoms with van der Waals surface area (Å²) in [6.45, 7) is 8.50. The minimum absolute atomic E-state index is 0.104. The Hall–Kier alpha value is 0.360. The molecule has 0 N–H and O–H groups in total. The summed E-state index contributed by atoms with van der Waals surface area (Å²) >= 11 is 3.47. The van der Waals surface area contributed by atoms with Gasteiger partial charge in [-0.2, -0.15) is 0 Å². The second kappa shape index (κ2) is 8.94. The van der Waals surface area contributed by atoms with Crippen LogP contribution in [0.25, 0.3) is 0 Å². The lowest BCUT2D eigenvalue weighted by Crippen LogP contribution is -2.31. The van der Waals surface area contributed by atoms with E-state index in [1.165, 1.54) is 0 Å². The van der Waals surface area contributed by atoms with Gasteiger partial charge in [-0.25, -0.2) is 0 Å². The Balaban J connectivity index is 3.72. The van der Waals surface area contributed by atoms with Crippen molar-refractivity contribution in [1.29, 1.82) is 0 Å². The van der Waals surface area contributed by atoms with E-state index >= 15 is 0 Å². The van der Waals surface area contributed by atoms with Crippen LogP contribution in [0.1, 0.15) is 20.8 Å². The van der Waals surface area contributed by atoms with E-state index in [4.69, 9.17) is 14.2 Å². The van der Waals surface area contributed by atoms with Crippen LogP contribution in [-0.2, 0) is 14.2 Å². The van der Waals surface area contributed by atoms with Gasteiger partial charge >= 0.3 is 0 Å². The Morgan fingerprint density at radius 2 is 1.54 bits per heavy atom. The first kappa shape index (κ1) is 13.4. The molecule has 0 fully saturated rings. The molecule has 0 aliphatic carbocycles. The highest BCUT2D eigenvalue weighted by atomic mass is 79.9. The van der Waals surface area contributed by atoms with Gasteiger partial charge in [-0.05, 0) is 20.8 Å². The molecular weight excluding hydrogens is 236 g/mol. The molecule has 80 valence electrons. The van der Waals surface area contributed by atoms with Gasteiger partial charge in [0.25, 0.3) is 0 Å². The molecule has 4 heteroatoms. The molecule has 0 rings (SSSR count). The topological polar surface area (TPSA) is 27.7 Å². The van der Waals surface area contributed by atoms with E-state index in [9.17, 15) is 0 Å². The Bertz CT molecular complexity index is 105. The van der Waals surface area contributed by atoms with Crippen LogP contribution in [-0.4, -0.2) is 37.5 Å². The molecule has 0 saturated carbocycles. The molecule has 0 aromatic heterocycles. The van der Waals surface area contributed by atoms with Crippen molar-refractivity contribution in [3.63, 3.8) is 0 Å². The van der Waals surface area contributed by atoms with Crippen molar-refractivity contribution in [1.82, 2.24) is 0 Å². The third-order valence-corrected chi connectivity index (χ3v) is 2.13. The molecule has 0 aromatic rings. The summed E-state index contributed by atoms with van der Waals surface area (Å²) in [6.07, 6.45) is -0.207. The third kappa shape index (κ3) is 6.43. The molecule has 0 aliphatic heterocycles. The van der Waals surface area contributed by atoms with Gasteiger partial charge in [-0.1, -0.05) is 15.9 Å². The fourth-order valence-electron chi connectivity index (χ4n) is 0.894. The van der Waals surface area contributed by atoms with Gasteiger partial charge in [-0.3, -0.25) is 0 Å². The van der Waals surface area contributed by atoms with Crippen LogP contribution in [0.4, 0.5) is 0 Å².